The third kappa shape index (κ3) is 24.2. The van der Waals surface area contributed by atoms with Crippen molar-refractivity contribution < 1.29 is 57.1 Å². The summed E-state index contributed by atoms with van der Waals surface area (Å²) in [4.78, 5) is 160. The minimum Gasteiger partial charge on any atom is -0.370 e. The van der Waals surface area contributed by atoms with Crippen LogP contribution in [0.4, 0.5) is 4.39 Å². The number of hydrogen-bond acceptors (Lipinski definition) is 15. The van der Waals surface area contributed by atoms with Gasteiger partial charge in [0.15, 0.2) is 5.11 Å². The summed E-state index contributed by atoms with van der Waals surface area (Å²) in [6, 6.07) is 13.2. The van der Waals surface area contributed by atoms with Crippen LogP contribution in [0.25, 0.3) is 10.9 Å². The van der Waals surface area contributed by atoms with Gasteiger partial charge in [0.1, 0.15) is 42.1 Å². The summed E-state index contributed by atoms with van der Waals surface area (Å²) < 4.78 is 13.4. The van der Waals surface area contributed by atoms with Crippen molar-refractivity contribution in [3.8, 4) is 0 Å². The maximum Gasteiger partial charge on any atom is 0.251 e. The van der Waals surface area contributed by atoms with Gasteiger partial charge in [0.25, 0.3) is 5.91 Å². The molecule has 588 valence electrons. The van der Waals surface area contributed by atoms with Crippen LogP contribution in [0.3, 0.4) is 0 Å². The molecule has 2 unspecified atom stereocenters. The number of likely N-dealkylation sites (N-methyl/N-ethyl adjacent to an activating group) is 1. The van der Waals surface area contributed by atoms with E-state index in [1.807, 2.05) is 56.4 Å². The monoisotopic (exact) mass is 1520 g/mol. The van der Waals surface area contributed by atoms with E-state index in [-0.39, 0.29) is 68.5 Å². The van der Waals surface area contributed by atoms with Crippen LogP contribution in [-0.2, 0) is 67.3 Å². The van der Waals surface area contributed by atoms with Crippen LogP contribution in [-0.4, -0.2) is 165 Å². The molecule has 109 heavy (non-hydrogen) atoms. The Morgan fingerprint density at radius 1 is 0.706 bits per heavy atom. The predicted molar refractivity (Wildman–Crippen MR) is 414 cm³/mol. The number of primary amides is 2. The number of aromatic amines is 2. The lowest BCUT2D eigenvalue weighted by Crippen LogP contribution is -2.59. The number of H-pyrrole nitrogens is 2. The second-order valence-electron chi connectivity index (χ2n) is 30.3. The molecule has 0 spiro atoms. The quantitative estimate of drug-likeness (QED) is 0.0194. The van der Waals surface area contributed by atoms with E-state index in [0.717, 1.165) is 51.9 Å². The summed E-state index contributed by atoms with van der Waals surface area (Å²) >= 11 is 5.60. The Kier molecular flexibility index (Phi) is 30.5. The van der Waals surface area contributed by atoms with E-state index in [4.69, 9.17) is 28.8 Å². The number of rotatable bonds is 40. The largest absolute Gasteiger partial charge is 0.370 e. The summed E-state index contributed by atoms with van der Waals surface area (Å²) in [6.45, 7) is 14.8. The molecule has 2 bridgehead atoms. The smallest absolute Gasteiger partial charge is 0.251 e. The topological polar surface area (TPSA) is 432 Å². The number of para-hydroxylation sites is 1. The van der Waals surface area contributed by atoms with Gasteiger partial charge >= 0.3 is 0 Å². The molecular formula is C78H107FN18O11S. The second kappa shape index (κ2) is 39.5. The van der Waals surface area contributed by atoms with Gasteiger partial charge in [-0.05, 0) is 152 Å². The van der Waals surface area contributed by atoms with E-state index in [2.05, 4.69) is 85.7 Å². The first-order chi connectivity index (χ1) is 51.9. The van der Waals surface area contributed by atoms with Crippen LogP contribution in [0.15, 0.2) is 108 Å². The molecule has 29 nitrogen and oxygen atoms in total. The number of fused-ring (bicyclic) bond motifs is 6. The number of imidazole rings is 1. The molecule has 5 aromatic rings. The molecule has 2 aliphatic carbocycles. The Bertz CT molecular complexity index is 4100. The molecule has 3 aliphatic rings. The van der Waals surface area contributed by atoms with Crippen molar-refractivity contribution in [3.05, 3.63) is 137 Å². The molecule has 3 heterocycles. The van der Waals surface area contributed by atoms with Gasteiger partial charge in [0, 0.05) is 111 Å². The number of unbranched alkanes of at least 4 members (excludes halogenated alkanes) is 1. The Morgan fingerprint density at radius 3 is 2.07 bits per heavy atom. The number of carbonyl (C=O) groups is 11. The van der Waals surface area contributed by atoms with Gasteiger partial charge < -0.3 is 79.5 Å². The van der Waals surface area contributed by atoms with Crippen molar-refractivity contribution in [2.45, 2.75) is 188 Å². The zero-order valence-corrected chi connectivity index (χ0v) is 64.4. The van der Waals surface area contributed by atoms with Crippen LogP contribution in [0.5, 0.6) is 0 Å². The fraction of sp³-hybridized carbons (Fsp3) is 0.513. The van der Waals surface area contributed by atoms with E-state index < -0.39 is 119 Å². The number of carbonyl (C=O) groups excluding carboxylic acids is 11. The van der Waals surface area contributed by atoms with Gasteiger partial charge in [-0.15, -0.1) is 0 Å². The standard InChI is InChI=1S/C78H107FN18O11S/c1-10-44(4)57(27-29-64(100)94-69(70(81)102)78(6,7)8)92-75(107)61(36-53-39-82-42-87-53)91-65(101)41-97(9)76(108)67(43(2)3)95-71(103)45(5)89-74(106)60(35-51-38-85-58-16-12-11-15-54(51)58)93-73(105)59(26-28-62(80)98)90-63(99)17-13-14-31-84-77(109)86-37-46-18-20-47(21-19-46)68-66-55-34-50(56(66)40-88-96-68)33-49(55)30-32-83-72(104)48-22-24-52(79)25-23-48/h11-12,15-16,18-25,38-40,42-45,49-50,55,57,59-61,66-67,69,85,88H,10,13-14,17,26-37,41H2,1-9H3,(H2,80,98)(H2,81,102)(H,82,87)(H,83,104)(H,89,106)(H,90,99)(H,91,101)(H,92,107)(H,93,105)(H,94,100)(H,95,103)(H2,84,86,109)/t44?,45-,49-,50-,55-,57+,59-,60-,61-,66?,67-,69+/m0/s1/i79-1. The summed E-state index contributed by atoms with van der Waals surface area (Å²) in [7, 11) is 1.36. The first kappa shape index (κ1) is 84.0. The first-order valence-corrected chi connectivity index (χ1v) is 37.9. The third-order valence-corrected chi connectivity index (χ3v) is 21.0. The van der Waals surface area contributed by atoms with Crippen molar-refractivity contribution in [3.63, 3.8) is 0 Å². The molecule has 12 atom stereocenters. The number of halogens is 1. The number of allylic oxidation sites excluding steroid dienone is 1. The van der Waals surface area contributed by atoms with Crippen molar-refractivity contribution in [2.75, 3.05) is 26.7 Å². The molecule has 1 aliphatic heterocycles. The molecular weight excluding hydrogens is 1420 g/mol. The highest BCUT2D eigenvalue weighted by Crippen LogP contribution is 2.57. The lowest BCUT2D eigenvalue weighted by molar-refractivity contribution is -0.140. The number of amides is 11. The number of benzene rings is 3. The average Bonchev–Trinajstić information content (AvgIpc) is 1.59. The predicted octanol–water partition coefficient (Wildman–Crippen LogP) is 4.08. The molecule has 17 N–H and O–H groups in total. The molecule has 8 rings (SSSR count). The number of nitrogens with two attached hydrogens (primary N) is 2. The second-order valence-corrected chi connectivity index (χ2v) is 30.7. The fourth-order valence-corrected chi connectivity index (χ4v) is 14.5. The number of nitrogens with zero attached hydrogens (tertiary/aromatic N) is 3. The molecule has 11 amide bonds. The molecule has 2 saturated carbocycles. The number of nitrogens with one attached hydrogen (secondary N) is 13. The molecule has 3 aromatic carbocycles. The Morgan fingerprint density at radius 2 is 1.39 bits per heavy atom. The molecule has 2 fully saturated rings. The van der Waals surface area contributed by atoms with E-state index >= 15 is 0 Å². The van der Waals surface area contributed by atoms with Gasteiger partial charge in [-0.2, -0.15) is 5.10 Å². The average molecular weight is 1520 g/mol. The lowest BCUT2D eigenvalue weighted by Gasteiger charge is -2.34. The van der Waals surface area contributed by atoms with Gasteiger partial charge in [-0.25, -0.2) is 9.37 Å². The summed E-state index contributed by atoms with van der Waals surface area (Å²) in [5, 5.41) is 34.7. The summed E-state index contributed by atoms with van der Waals surface area (Å²) in [5.74, 6) is -6.45. The maximum atomic E-state index is 14.5. The van der Waals surface area contributed by atoms with Crippen molar-refractivity contribution in [1.82, 2.24) is 78.4 Å². The summed E-state index contributed by atoms with van der Waals surface area (Å²) in [6.07, 6.45) is 10.8. The zero-order valence-electron chi connectivity index (χ0n) is 63.5. The van der Waals surface area contributed by atoms with E-state index in [9.17, 15) is 57.1 Å². The fourth-order valence-electron chi connectivity index (χ4n) is 14.3. The van der Waals surface area contributed by atoms with Crippen LogP contribution >= 0.6 is 12.2 Å². The van der Waals surface area contributed by atoms with Crippen molar-refractivity contribution in [2.24, 2.45) is 57.5 Å². The van der Waals surface area contributed by atoms with Crippen LogP contribution in [0.2, 0.25) is 0 Å². The molecule has 0 saturated heterocycles. The van der Waals surface area contributed by atoms with E-state index in [1.54, 1.807) is 40.8 Å². The minimum absolute atomic E-state index is 0.000751. The molecule has 0 radical (unpaired) electrons. The maximum absolute atomic E-state index is 14.5. The Hall–Kier alpha value is -10.6. The number of hydrogen-bond donors (Lipinski definition) is 15. The zero-order chi connectivity index (χ0) is 79.2. The third-order valence-electron chi connectivity index (χ3n) is 20.7. The van der Waals surface area contributed by atoms with Crippen LogP contribution in [0.1, 0.15) is 159 Å². The lowest BCUT2D eigenvalue weighted by atomic mass is 9.72. The molecule has 2 aromatic heterocycles. The van der Waals surface area contributed by atoms with E-state index in [0.29, 0.717) is 78.6 Å². The SMILES string of the molecule is CCC(C)[C@@H](CCC(=O)N[C@H](C(N)=O)C(C)(C)C)NC(=O)[C@H](Cc1cnc[nH]1)NC(=O)CN(C)C(=O)[C@@H](NC(=O)[C@H](C)NC(=O)[C@H](Cc1c[nH]c2ccccc12)NC(=O)[C@H](CCC(N)=O)NC(=O)CCCCNC(=S)NCc1ccc(C2=NNC=C3C2[C@H]2C[C@@H]3C[C@@H]2CCNC(=O)c2ccc([18F])cc2)cc1)C(C)C. The minimum atomic E-state index is -1.36. The van der Waals surface area contributed by atoms with Crippen molar-refractivity contribution >= 4 is 98.9 Å². The highest BCUT2D eigenvalue weighted by molar-refractivity contribution is 7.80. The van der Waals surface area contributed by atoms with Crippen LogP contribution in [0, 0.1) is 46.7 Å². The van der Waals surface area contributed by atoms with Gasteiger partial charge in [-0.3, -0.25) is 58.2 Å². The highest BCUT2D eigenvalue weighted by Gasteiger charge is 2.52. The number of hydrazone groups is 1. The normalized spacial score (nSPS) is 17.9. The Balaban J connectivity index is 0.806. The Labute approximate surface area is 640 Å². The van der Waals surface area contributed by atoms with Crippen LogP contribution < -0.4 is 70.1 Å². The highest BCUT2D eigenvalue weighted by atomic mass is 32.1. The van der Waals surface area contributed by atoms with Gasteiger partial charge in [0.05, 0.1) is 18.6 Å². The van der Waals surface area contributed by atoms with Gasteiger partial charge in [-0.1, -0.05) is 97.4 Å². The van der Waals surface area contributed by atoms with Crippen molar-refractivity contribution in [1.29, 1.82) is 0 Å². The van der Waals surface area contributed by atoms with E-state index in [1.165, 1.54) is 56.3 Å². The first-order valence-electron chi connectivity index (χ1n) is 37.5. The summed E-state index contributed by atoms with van der Waals surface area (Å²) in [5.41, 5.74) is 20.4. The number of thiocarbonyl (C=S) groups is 1. The molecule has 31 heteroatoms. The number of aromatic nitrogens is 3. The van der Waals surface area contributed by atoms with Gasteiger partial charge in [0.2, 0.25) is 59.1 Å².